The Labute approximate surface area is 128 Å². The van der Waals surface area contributed by atoms with E-state index in [1.54, 1.807) is 0 Å². The van der Waals surface area contributed by atoms with Crippen molar-refractivity contribution in [1.82, 2.24) is 9.71 Å². The molecule has 0 fully saturated rings. The first-order chi connectivity index (χ1) is 9.83. The van der Waals surface area contributed by atoms with E-state index in [4.69, 9.17) is 13.9 Å². The molecule has 0 saturated heterocycles. The monoisotopic (exact) mass is 378 g/mol. The molecule has 2 aromatic heterocycles. The first kappa shape index (κ1) is 15.7. The smallest absolute Gasteiger partial charge is 0.371 e. The van der Waals surface area contributed by atoms with Crippen LogP contribution in [0.4, 0.5) is 0 Å². The first-order valence-corrected chi connectivity index (χ1v) is 8.07. The molecule has 2 rings (SSSR count). The molecular formula is C11H11BrN2O6S. The van der Waals surface area contributed by atoms with Crippen LogP contribution in [0, 0.1) is 0 Å². The van der Waals surface area contributed by atoms with Crippen LogP contribution in [0.1, 0.15) is 29.1 Å². The highest BCUT2D eigenvalue weighted by Crippen LogP contribution is 2.26. The molecule has 2 aromatic rings. The Bertz CT molecular complexity index is 764. The van der Waals surface area contributed by atoms with Gasteiger partial charge in [-0.1, -0.05) is 6.92 Å². The van der Waals surface area contributed by atoms with E-state index >= 15 is 0 Å². The second-order valence-electron chi connectivity index (χ2n) is 3.95. The van der Waals surface area contributed by atoms with Crippen molar-refractivity contribution in [2.45, 2.75) is 24.8 Å². The topological polar surface area (TPSA) is 123 Å². The maximum absolute atomic E-state index is 12.1. The molecule has 2 heterocycles. The van der Waals surface area contributed by atoms with E-state index in [-0.39, 0.29) is 22.0 Å². The SMILES string of the molecule is CCc1cnc(CNS(=O)(=O)c2cc(C(=O)O)oc2Br)o1. The van der Waals surface area contributed by atoms with Crippen LogP contribution >= 0.6 is 15.9 Å². The molecule has 21 heavy (non-hydrogen) atoms. The van der Waals surface area contributed by atoms with Crippen molar-refractivity contribution in [3.63, 3.8) is 0 Å². The molecule has 114 valence electrons. The van der Waals surface area contributed by atoms with Gasteiger partial charge in [-0.05, 0) is 15.9 Å². The molecule has 8 nitrogen and oxygen atoms in total. The minimum atomic E-state index is -3.95. The van der Waals surface area contributed by atoms with E-state index in [2.05, 4.69) is 25.6 Å². The number of sulfonamides is 1. The molecule has 0 spiro atoms. The van der Waals surface area contributed by atoms with Crippen LogP contribution in [-0.4, -0.2) is 24.5 Å². The second kappa shape index (κ2) is 6.00. The highest BCUT2D eigenvalue weighted by atomic mass is 79.9. The maximum Gasteiger partial charge on any atom is 0.371 e. The molecule has 0 aliphatic heterocycles. The number of aromatic carboxylic acids is 1. The fourth-order valence-electron chi connectivity index (χ4n) is 1.47. The molecular weight excluding hydrogens is 368 g/mol. The van der Waals surface area contributed by atoms with Gasteiger partial charge < -0.3 is 13.9 Å². The number of aromatic nitrogens is 1. The summed E-state index contributed by atoms with van der Waals surface area (Å²) in [6.45, 7) is 1.73. The number of hydrogen-bond acceptors (Lipinski definition) is 6. The number of rotatable bonds is 6. The Hall–Kier alpha value is -1.65. The first-order valence-electron chi connectivity index (χ1n) is 5.79. The number of oxazole rings is 1. The zero-order valence-electron chi connectivity index (χ0n) is 10.8. The van der Waals surface area contributed by atoms with E-state index in [9.17, 15) is 13.2 Å². The Balaban J connectivity index is 2.16. The van der Waals surface area contributed by atoms with Crippen molar-refractivity contribution in [3.05, 3.63) is 34.3 Å². The highest BCUT2D eigenvalue weighted by molar-refractivity contribution is 9.10. The largest absolute Gasteiger partial charge is 0.475 e. The lowest BCUT2D eigenvalue weighted by Gasteiger charge is -2.02. The van der Waals surface area contributed by atoms with E-state index < -0.39 is 21.8 Å². The molecule has 0 unspecified atom stereocenters. The van der Waals surface area contributed by atoms with Crippen molar-refractivity contribution < 1.29 is 27.2 Å². The number of halogens is 1. The fourth-order valence-corrected chi connectivity index (χ4v) is 3.38. The van der Waals surface area contributed by atoms with Gasteiger partial charge in [0.2, 0.25) is 21.7 Å². The summed E-state index contributed by atoms with van der Waals surface area (Å²) in [5.41, 5.74) is 0. The predicted octanol–water partition coefficient (Wildman–Crippen LogP) is 1.77. The van der Waals surface area contributed by atoms with Gasteiger partial charge in [0.05, 0.1) is 12.7 Å². The van der Waals surface area contributed by atoms with Crippen LogP contribution in [0.2, 0.25) is 0 Å². The van der Waals surface area contributed by atoms with Crippen LogP contribution in [0.5, 0.6) is 0 Å². The highest BCUT2D eigenvalue weighted by Gasteiger charge is 2.25. The third kappa shape index (κ3) is 3.52. The molecule has 0 saturated carbocycles. The summed E-state index contributed by atoms with van der Waals surface area (Å²) in [4.78, 5) is 14.4. The summed E-state index contributed by atoms with van der Waals surface area (Å²) < 4.78 is 36.3. The molecule has 0 aliphatic rings. The number of nitrogens with one attached hydrogen (secondary N) is 1. The van der Waals surface area contributed by atoms with E-state index in [1.807, 2.05) is 6.92 Å². The van der Waals surface area contributed by atoms with E-state index in [0.29, 0.717) is 12.2 Å². The van der Waals surface area contributed by atoms with Gasteiger partial charge in [-0.3, -0.25) is 0 Å². The van der Waals surface area contributed by atoms with Gasteiger partial charge in [-0.25, -0.2) is 22.9 Å². The minimum Gasteiger partial charge on any atom is -0.475 e. The molecule has 0 bridgehead atoms. The van der Waals surface area contributed by atoms with E-state index in [1.165, 1.54) is 6.20 Å². The van der Waals surface area contributed by atoms with E-state index in [0.717, 1.165) is 6.07 Å². The Kier molecular flexibility index (Phi) is 4.49. The molecule has 0 radical (unpaired) electrons. The van der Waals surface area contributed by atoms with Crippen molar-refractivity contribution in [1.29, 1.82) is 0 Å². The number of carboxylic acids is 1. The van der Waals surface area contributed by atoms with Gasteiger partial charge in [0.15, 0.2) is 4.67 Å². The summed E-state index contributed by atoms with van der Waals surface area (Å²) in [5.74, 6) is -0.987. The number of carbonyl (C=O) groups is 1. The summed E-state index contributed by atoms with van der Waals surface area (Å²) in [6, 6.07) is 0.918. The van der Waals surface area contributed by atoms with Crippen molar-refractivity contribution >= 4 is 31.9 Å². The van der Waals surface area contributed by atoms with Gasteiger partial charge >= 0.3 is 5.97 Å². The summed E-state index contributed by atoms with van der Waals surface area (Å²) in [5, 5.41) is 8.77. The van der Waals surface area contributed by atoms with Gasteiger partial charge in [-0.15, -0.1) is 0 Å². The lowest BCUT2D eigenvalue weighted by molar-refractivity contribution is 0.0661. The average molecular weight is 379 g/mol. The zero-order valence-corrected chi connectivity index (χ0v) is 13.2. The van der Waals surface area contributed by atoms with Gasteiger partial charge in [0.25, 0.3) is 0 Å². The molecule has 0 aliphatic carbocycles. The van der Waals surface area contributed by atoms with Crippen LogP contribution in [0.15, 0.2) is 30.7 Å². The quantitative estimate of drug-likeness (QED) is 0.784. The number of carboxylic acid groups (broad SMARTS) is 1. The summed E-state index contributed by atoms with van der Waals surface area (Å²) >= 11 is 2.87. The minimum absolute atomic E-state index is 0.150. The molecule has 0 amide bonds. The van der Waals surface area contributed by atoms with Crippen molar-refractivity contribution in [2.24, 2.45) is 0 Å². The maximum atomic E-state index is 12.1. The average Bonchev–Trinajstić information content (AvgIpc) is 3.03. The Morgan fingerprint density at radius 2 is 2.19 bits per heavy atom. The zero-order chi connectivity index (χ0) is 15.6. The second-order valence-corrected chi connectivity index (χ2v) is 6.41. The number of hydrogen-bond donors (Lipinski definition) is 2. The number of nitrogens with zero attached hydrogens (tertiary/aromatic N) is 1. The third-order valence-electron chi connectivity index (χ3n) is 2.52. The molecule has 2 N–H and O–H groups in total. The van der Waals surface area contributed by atoms with Crippen LogP contribution in [-0.2, 0) is 23.0 Å². The van der Waals surface area contributed by atoms with Gasteiger partial charge in [-0.2, -0.15) is 0 Å². The number of aryl methyl sites for hydroxylation is 1. The fraction of sp³-hybridized carbons (Fsp3) is 0.273. The van der Waals surface area contributed by atoms with Gasteiger partial charge in [0, 0.05) is 12.5 Å². The Morgan fingerprint density at radius 3 is 2.71 bits per heavy atom. The van der Waals surface area contributed by atoms with Crippen LogP contribution in [0.3, 0.4) is 0 Å². The summed E-state index contributed by atoms with van der Waals surface area (Å²) in [6.07, 6.45) is 2.16. The summed E-state index contributed by atoms with van der Waals surface area (Å²) in [7, 11) is -3.95. The normalized spacial score (nSPS) is 11.7. The number of furan rings is 1. The molecule has 10 heteroatoms. The molecule has 0 atom stereocenters. The lowest BCUT2D eigenvalue weighted by atomic mass is 10.4. The van der Waals surface area contributed by atoms with Crippen LogP contribution < -0.4 is 4.72 Å². The van der Waals surface area contributed by atoms with Crippen molar-refractivity contribution in [2.75, 3.05) is 0 Å². The van der Waals surface area contributed by atoms with Crippen molar-refractivity contribution in [3.8, 4) is 0 Å². The lowest BCUT2D eigenvalue weighted by Crippen LogP contribution is -2.23. The third-order valence-corrected chi connectivity index (χ3v) is 4.78. The predicted molar refractivity (Wildman–Crippen MR) is 73.3 cm³/mol. The standard InChI is InChI=1S/C11H11BrN2O6S/c1-2-6-4-13-9(19-6)5-14-21(17,18)8-3-7(11(15)16)20-10(8)12/h3-4,14H,2,5H2,1H3,(H,15,16). The van der Waals surface area contributed by atoms with Gasteiger partial charge in [0.1, 0.15) is 10.7 Å². The van der Waals surface area contributed by atoms with Crippen LogP contribution in [0.25, 0.3) is 0 Å². The Morgan fingerprint density at radius 1 is 1.48 bits per heavy atom. The molecule has 0 aromatic carbocycles.